The molecule has 7 nitrogen and oxygen atoms in total. The molecule has 1 aliphatic rings. The van der Waals surface area contributed by atoms with E-state index in [1.54, 1.807) is 17.4 Å². The molecular formula is C22H20N6OS. The van der Waals surface area contributed by atoms with Crippen molar-refractivity contribution in [2.75, 3.05) is 23.3 Å². The summed E-state index contributed by atoms with van der Waals surface area (Å²) in [6.07, 6.45) is 2.43. The minimum Gasteiger partial charge on any atom is -0.355 e. The Labute approximate surface area is 177 Å². The molecule has 0 spiro atoms. The van der Waals surface area contributed by atoms with Gasteiger partial charge in [-0.2, -0.15) is 5.10 Å². The number of aromatic amines is 1. The van der Waals surface area contributed by atoms with Gasteiger partial charge in [0, 0.05) is 24.3 Å². The summed E-state index contributed by atoms with van der Waals surface area (Å²) in [6, 6.07) is 17.3. The number of anilines is 2. The first-order valence-electron chi connectivity index (χ1n) is 9.86. The molecule has 1 amide bonds. The smallest absolute Gasteiger partial charge is 0.276 e. The predicted molar refractivity (Wildman–Crippen MR) is 119 cm³/mol. The first-order chi connectivity index (χ1) is 14.8. The molecule has 30 heavy (non-hydrogen) atoms. The van der Waals surface area contributed by atoms with Crippen molar-refractivity contribution in [1.82, 2.24) is 20.4 Å². The number of aromatic nitrogens is 4. The highest BCUT2D eigenvalue weighted by Gasteiger charge is 2.15. The largest absolute Gasteiger partial charge is 0.355 e. The maximum absolute atomic E-state index is 12.5. The summed E-state index contributed by atoms with van der Waals surface area (Å²) in [7, 11) is 0. The molecule has 4 aromatic rings. The summed E-state index contributed by atoms with van der Waals surface area (Å²) >= 11 is 1.60. The molecule has 0 saturated carbocycles. The van der Waals surface area contributed by atoms with Crippen molar-refractivity contribution in [2.45, 2.75) is 12.8 Å². The van der Waals surface area contributed by atoms with Gasteiger partial charge in [-0.1, -0.05) is 18.2 Å². The third kappa shape index (κ3) is 3.81. The monoisotopic (exact) mass is 416 g/mol. The van der Waals surface area contributed by atoms with E-state index < -0.39 is 0 Å². The number of hydrogen-bond donors (Lipinski definition) is 2. The molecule has 5 rings (SSSR count). The third-order valence-electron chi connectivity index (χ3n) is 5.12. The van der Waals surface area contributed by atoms with E-state index >= 15 is 0 Å². The first kappa shape index (κ1) is 18.5. The fourth-order valence-corrected chi connectivity index (χ4v) is 4.20. The molecule has 0 bridgehead atoms. The SMILES string of the molecule is O=C(Nc1ccc(-c2ccc(N3CCCC3)nn2)cc1)c1cc(-c2cccs2)[nH]n1. The molecule has 1 saturated heterocycles. The van der Waals surface area contributed by atoms with E-state index in [9.17, 15) is 4.79 Å². The van der Waals surface area contributed by atoms with Crippen LogP contribution in [0.2, 0.25) is 0 Å². The van der Waals surface area contributed by atoms with Crippen LogP contribution in [0.1, 0.15) is 23.3 Å². The Bertz CT molecular complexity index is 1130. The Morgan fingerprint density at radius 2 is 1.87 bits per heavy atom. The molecule has 0 aliphatic carbocycles. The van der Waals surface area contributed by atoms with Crippen LogP contribution >= 0.6 is 11.3 Å². The lowest BCUT2D eigenvalue weighted by molar-refractivity contribution is 0.102. The van der Waals surface area contributed by atoms with Crippen LogP contribution in [-0.2, 0) is 0 Å². The molecule has 1 aliphatic heterocycles. The van der Waals surface area contributed by atoms with Gasteiger partial charge in [0.15, 0.2) is 11.5 Å². The van der Waals surface area contributed by atoms with Gasteiger partial charge in [-0.25, -0.2) is 0 Å². The summed E-state index contributed by atoms with van der Waals surface area (Å²) in [5.41, 5.74) is 3.65. The average molecular weight is 417 g/mol. The fraction of sp³-hybridized carbons (Fsp3) is 0.182. The standard InChI is InChI=1S/C22H20N6OS/c29-22(19-14-18(25-26-19)20-4-3-13-30-20)23-16-7-5-15(6-8-16)17-9-10-21(27-24-17)28-11-1-2-12-28/h3-10,13-14H,1-2,11-12H2,(H,23,29)(H,25,26). The third-order valence-corrected chi connectivity index (χ3v) is 6.02. The van der Waals surface area contributed by atoms with E-state index in [0.717, 1.165) is 40.7 Å². The van der Waals surface area contributed by atoms with Gasteiger partial charge < -0.3 is 10.2 Å². The number of amides is 1. The van der Waals surface area contributed by atoms with Crippen LogP contribution in [0, 0.1) is 0 Å². The number of H-pyrrole nitrogens is 1. The molecule has 8 heteroatoms. The quantitative estimate of drug-likeness (QED) is 0.502. The lowest BCUT2D eigenvalue weighted by Gasteiger charge is -2.15. The van der Waals surface area contributed by atoms with Crippen LogP contribution in [-0.4, -0.2) is 39.4 Å². The van der Waals surface area contributed by atoms with Gasteiger partial charge in [-0.3, -0.25) is 9.89 Å². The minimum atomic E-state index is -0.253. The maximum Gasteiger partial charge on any atom is 0.276 e. The van der Waals surface area contributed by atoms with Crippen LogP contribution in [0.3, 0.4) is 0 Å². The van der Waals surface area contributed by atoms with Crippen LogP contribution < -0.4 is 10.2 Å². The van der Waals surface area contributed by atoms with Crippen molar-refractivity contribution in [1.29, 1.82) is 0 Å². The zero-order chi connectivity index (χ0) is 20.3. The molecule has 1 aromatic carbocycles. The molecular weight excluding hydrogens is 396 g/mol. The Kier molecular flexibility index (Phi) is 4.98. The maximum atomic E-state index is 12.5. The number of benzene rings is 1. The Hall–Kier alpha value is -3.52. The second-order valence-electron chi connectivity index (χ2n) is 7.15. The second-order valence-corrected chi connectivity index (χ2v) is 8.09. The highest BCUT2D eigenvalue weighted by atomic mass is 32.1. The zero-order valence-electron chi connectivity index (χ0n) is 16.2. The first-order valence-corrected chi connectivity index (χ1v) is 10.7. The summed E-state index contributed by atoms with van der Waals surface area (Å²) < 4.78 is 0. The summed E-state index contributed by atoms with van der Waals surface area (Å²) in [5, 5.41) is 20.6. The van der Waals surface area contributed by atoms with Crippen molar-refractivity contribution in [3.63, 3.8) is 0 Å². The Morgan fingerprint density at radius 1 is 1.03 bits per heavy atom. The van der Waals surface area contributed by atoms with E-state index in [4.69, 9.17) is 0 Å². The van der Waals surface area contributed by atoms with Crippen LogP contribution in [0.25, 0.3) is 21.8 Å². The fourth-order valence-electron chi connectivity index (χ4n) is 3.51. The van der Waals surface area contributed by atoms with E-state index in [-0.39, 0.29) is 5.91 Å². The van der Waals surface area contributed by atoms with Gasteiger partial charge in [-0.15, -0.1) is 21.5 Å². The van der Waals surface area contributed by atoms with E-state index in [2.05, 4.69) is 30.6 Å². The van der Waals surface area contributed by atoms with Gasteiger partial charge in [-0.05, 0) is 54.6 Å². The number of thiophene rings is 1. The summed E-state index contributed by atoms with van der Waals surface area (Å²) in [6.45, 7) is 2.10. The van der Waals surface area contributed by atoms with Crippen molar-refractivity contribution >= 4 is 28.7 Å². The molecule has 0 unspecified atom stereocenters. The van der Waals surface area contributed by atoms with Crippen molar-refractivity contribution in [3.05, 3.63) is 65.7 Å². The van der Waals surface area contributed by atoms with Crippen LogP contribution in [0.5, 0.6) is 0 Å². The molecule has 1 fully saturated rings. The Morgan fingerprint density at radius 3 is 2.57 bits per heavy atom. The molecule has 0 radical (unpaired) electrons. The number of nitrogens with zero attached hydrogens (tertiary/aromatic N) is 4. The molecule has 150 valence electrons. The lowest BCUT2D eigenvalue weighted by Crippen LogP contribution is -2.19. The molecule has 2 N–H and O–H groups in total. The topological polar surface area (TPSA) is 86.8 Å². The van der Waals surface area contributed by atoms with Crippen LogP contribution in [0.4, 0.5) is 11.5 Å². The van der Waals surface area contributed by atoms with Crippen molar-refractivity contribution in [3.8, 4) is 21.8 Å². The van der Waals surface area contributed by atoms with E-state index in [1.807, 2.05) is 53.9 Å². The number of carbonyl (C=O) groups excluding carboxylic acids is 1. The number of rotatable bonds is 5. The van der Waals surface area contributed by atoms with E-state index in [1.165, 1.54) is 12.8 Å². The summed E-state index contributed by atoms with van der Waals surface area (Å²) in [5.74, 6) is 0.678. The normalized spacial score (nSPS) is 13.5. The van der Waals surface area contributed by atoms with Gasteiger partial charge >= 0.3 is 0 Å². The second kappa shape index (κ2) is 8.08. The minimum absolute atomic E-state index is 0.253. The molecule has 3 aromatic heterocycles. The van der Waals surface area contributed by atoms with Gasteiger partial charge in [0.05, 0.1) is 16.3 Å². The molecule has 0 atom stereocenters. The van der Waals surface area contributed by atoms with Crippen molar-refractivity contribution < 1.29 is 4.79 Å². The average Bonchev–Trinajstić information content (AvgIpc) is 3.57. The molecule has 4 heterocycles. The highest BCUT2D eigenvalue weighted by Crippen LogP contribution is 2.24. The van der Waals surface area contributed by atoms with Gasteiger partial charge in [0.1, 0.15) is 0 Å². The number of nitrogens with one attached hydrogen (secondary N) is 2. The summed E-state index contributed by atoms with van der Waals surface area (Å²) in [4.78, 5) is 15.8. The van der Waals surface area contributed by atoms with Crippen LogP contribution in [0.15, 0.2) is 60.0 Å². The zero-order valence-corrected chi connectivity index (χ0v) is 17.0. The Balaban J connectivity index is 1.25. The van der Waals surface area contributed by atoms with Gasteiger partial charge in [0.2, 0.25) is 0 Å². The van der Waals surface area contributed by atoms with Crippen molar-refractivity contribution in [2.24, 2.45) is 0 Å². The predicted octanol–water partition coefficient (Wildman–Crippen LogP) is 4.45. The van der Waals surface area contributed by atoms with E-state index in [0.29, 0.717) is 11.4 Å². The number of hydrogen-bond acceptors (Lipinski definition) is 6. The number of carbonyl (C=O) groups is 1. The highest BCUT2D eigenvalue weighted by molar-refractivity contribution is 7.13. The lowest BCUT2D eigenvalue weighted by atomic mass is 10.1. The van der Waals surface area contributed by atoms with Gasteiger partial charge in [0.25, 0.3) is 5.91 Å².